The van der Waals surface area contributed by atoms with E-state index in [1.165, 1.54) is 10.4 Å². The molecule has 1 heterocycles. The Morgan fingerprint density at radius 1 is 1.50 bits per heavy atom. The Kier molecular flexibility index (Phi) is 14.9. The zero-order valence-electron chi connectivity index (χ0n) is 7.52. The van der Waals surface area contributed by atoms with Crippen LogP contribution in [0.15, 0.2) is 16.5 Å². The van der Waals surface area contributed by atoms with Crippen LogP contribution in [0.25, 0.3) is 0 Å². The number of aliphatic hydroxyl groups is 1. The summed E-state index contributed by atoms with van der Waals surface area (Å²) in [7, 11) is 0.00585. The van der Waals surface area contributed by atoms with Crippen molar-refractivity contribution >= 4 is 15.3 Å². The van der Waals surface area contributed by atoms with Gasteiger partial charge in [0.25, 0.3) is 0 Å². The number of carbonyl (C=O) groups is 1. The van der Waals surface area contributed by atoms with E-state index >= 15 is 0 Å². The van der Waals surface area contributed by atoms with Crippen LogP contribution in [0.1, 0.15) is 6.42 Å². The minimum Gasteiger partial charge on any atom is -1.00 e. The molecule has 0 unspecified atom stereocenters. The minimum absolute atomic E-state index is 0. The van der Waals surface area contributed by atoms with E-state index in [1.807, 2.05) is 0 Å². The van der Waals surface area contributed by atoms with Gasteiger partial charge in [0.15, 0.2) is 0 Å². The minimum atomic E-state index is 0. The van der Waals surface area contributed by atoms with E-state index in [9.17, 15) is 4.79 Å². The molecule has 0 amide bonds. The molecule has 1 aliphatic carbocycles. The van der Waals surface area contributed by atoms with Gasteiger partial charge in [-0.3, -0.25) is 0 Å². The summed E-state index contributed by atoms with van der Waals surface area (Å²) in [6.07, 6.45) is 5.07. The predicted octanol–water partition coefficient (Wildman–Crippen LogP) is -6.47. The van der Waals surface area contributed by atoms with Crippen LogP contribution in [-0.4, -0.2) is 27.0 Å². The molecule has 1 fully saturated rings. The van der Waals surface area contributed by atoms with Crippen LogP contribution in [0.2, 0.25) is 0 Å². The van der Waals surface area contributed by atoms with Gasteiger partial charge in [-0.25, -0.2) is 5.20 Å². The van der Waals surface area contributed by atoms with Crippen LogP contribution >= 0.6 is 0 Å². The molecule has 0 saturated carbocycles. The van der Waals surface area contributed by atoms with Crippen molar-refractivity contribution in [1.82, 2.24) is 0 Å². The first-order valence-electron chi connectivity index (χ1n) is 3.55. The van der Waals surface area contributed by atoms with Gasteiger partial charge in [0, 0.05) is 6.61 Å². The van der Waals surface area contributed by atoms with Crippen LogP contribution in [0.5, 0.6) is 0 Å². The summed E-state index contributed by atoms with van der Waals surface area (Å²) in [4.78, 5) is 10.3. The number of aliphatic hydroxyl groups excluding tert-OH is 1. The standard InChI is InChI=1S/C5H3OSi.C3H7O.2ClH.Zr/c6-3-1-4-5(2-3)7-4;1-2-3-4;;;/h1H,7H2;4H,1-3H2;2*1H;/q2*-1;;;+4/p-2. The first-order valence-corrected chi connectivity index (χ1v) is 4.97. The Hall–Kier alpha value is 0.790. The Labute approximate surface area is 118 Å². The number of rotatable bonds is 1. The maximum Gasteiger partial charge on any atom is 4.00 e. The van der Waals surface area contributed by atoms with E-state index in [4.69, 9.17) is 5.11 Å². The summed E-state index contributed by atoms with van der Waals surface area (Å²) in [5.74, 6) is 0.0868. The number of hydrogen-bond donors (Lipinski definition) is 1. The quantitative estimate of drug-likeness (QED) is 0.384. The summed E-state index contributed by atoms with van der Waals surface area (Å²) in [5.41, 5.74) is 0. The first-order chi connectivity index (χ1) is 5.27. The Balaban J connectivity index is -0.000000159. The molecule has 0 spiro atoms. The number of fused-ring (bicyclic) bond motifs is 1. The Morgan fingerprint density at radius 2 is 2.00 bits per heavy atom. The maximum absolute atomic E-state index is 10.3. The fourth-order valence-corrected chi connectivity index (χ4v) is 1.78. The molecule has 1 saturated heterocycles. The molecule has 76 valence electrons. The zero-order chi connectivity index (χ0) is 8.27. The third-order valence-corrected chi connectivity index (χ3v) is 2.86. The summed E-state index contributed by atoms with van der Waals surface area (Å²) in [5, 5.41) is 10.4. The van der Waals surface area contributed by atoms with Gasteiger partial charge in [0.1, 0.15) is 0 Å². The van der Waals surface area contributed by atoms with Gasteiger partial charge in [-0.05, 0) is 9.52 Å². The van der Waals surface area contributed by atoms with Gasteiger partial charge in [0.05, 0.1) is 5.78 Å². The van der Waals surface area contributed by atoms with E-state index in [0.29, 0.717) is 6.42 Å². The van der Waals surface area contributed by atoms with E-state index < -0.39 is 0 Å². The third kappa shape index (κ3) is 7.13. The molecule has 1 N–H and O–H groups in total. The predicted molar refractivity (Wildman–Crippen MR) is 45.4 cm³/mol. The van der Waals surface area contributed by atoms with Crippen LogP contribution in [0, 0.1) is 13.0 Å². The molecule has 0 aromatic carbocycles. The molecule has 0 radical (unpaired) electrons. The molecule has 14 heavy (non-hydrogen) atoms. The molecule has 6 heteroatoms. The molecule has 2 nitrogen and oxygen atoms in total. The summed E-state index contributed by atoms with van der Waals surface area (Å²) < 4.78 is 0. The first kappa shape index (κ1) is 20.2. The molecular formula is C8H10Cl2O2SiZr. The SMILES string of the molecule is O=C1[C-]=C2[SiH2]C2=C1.[CH2-]CCO.[Cl-].[Cl-].[Zr+4]. The number of ketones is 1. The normalized spacial score (nSPS) is 15.7. The van der Waals surface area contributed by atoms with Crippen molar-refractivity contribution in [2.24, 2.45) is 0 Å². The number of allylic oxidation sites excluding steroid dienone is 4. The van der Waals surface area contributed by atoms with Crippen LogP contribution in [0.3, 0.4) is 0 Å². The van der Waals surface area contributed by atoms with Crippen LogP contribution in [0.4, 0.5) is 0 Å². The van der Waals surface area contributed by atoms with Crippen molar-refractivity contribution in [3.63, 3.8) is 0 Å². The van der Waals surface area contributed by atoms with Crippen LogP contribution < -0.4 is 24.8 Å². The summed E-state index contributed by atoms with van der Waals surface area (Å²) in [6.45, 7) is 3.56. The average Bonchev–Trinajstić information content (AvgIpc) is 2.61. The zero-order valence-corrected chi connectivity index (χ0v) is 12.9. The van der Waals surface area contributed by atoms with E-state index in [-0.39, 0.29) is 72.9 Å². The fraction of sp³-hybridized carbons (Fsp3) is 0.250. The molecule has 1 aliphatic heterocycles. The van der Waals surface area contributed by atoms with Gasteiger partial charge >= 0.3 is 26.2 Å². The van der Waals surface area contributed by atoms with Crippen molar-refractivity contribution in [3.8, 4) is 0 Å². The Morgan fingerprint density at radius 3 is 2.14 bits per heavy atom. The molecule has 0 aromatic rings. The molecule has 0 atom stereocenters. The van der Waals surface area contributed by atoms with Gasteiger partial charge in [0.2, 0.25) is 0 Å². The summed E-state index contributed by atoms with van der Waals surface area (Å²) in [6, 6.07) is 0. The van der Waals surface area contributed by atoms with Gasteiger partial charge in [-0.2, -0.15) is 17.7 Å². The second kappa shape index (κ2) is 10.3. The molecule has 2 aliphatic rings. The largest absolute Gasteiger partial charge is 4.00 e. The molecular weight excluding hydrogens is 318 g/mol. The number of carbonyl (C=O) groups excluding carboxylic acids is 1. The van der Waals surface area contributed by atoms with E-state index in [2.05, 4.69) is 13.0 Å². The third-order valence-electron chi connectivity index (χ3n) is 1.37. The molecule has 2 rings (SSSR count). The van der Waals surface area contributed by atoms with Crippen molar-refractivity contribution < 1.29 is 60.9 Å². The number of hydrogen-bond acceptors (Lipinski definition) is 2. The van der Waals surface area contributed by atoms with Gasteiger partial charge in [-0.1, -0.05) is 0 Å². The maximum atomic E-state index is 10.3. The number of halogens is 2. The van der Waals surface area contributed by atoms with Crippen molar-refractivity contribution in [2.75, 3.05) is 6.61 Å². The Bertz CT molecular complexity index is 219. The average molecular weight is 328 g/mol. The smallest absolute Gasteiger partial charge is 1.00 e. The fourth-order valence-electron chi connectivity index (χ4n) is 0.752. The van der Waals surface area contributed by atoms with Crippen molar-refractivity contribution in [3.05, 3.63) is 29.5 Å². The van der Waals surface area contributed by atoms with Crippen molar-refractivity contribution in [2.45, 2.75) is 6.42 Å². The topological polar surface area (TPSA) is 37.3 Å². The van der Waals surface area contributed by atoms with Gasteiger partial charge < -0.3 is 41.6 Å². The molecule has 0 bridgehead atoms. The second-order valence-electron chi connectivity index (χ2n) is 2.39. The van der Waals surface area contributed by atoms with Crippen molar-refractivity contribution in [1.29, 1.82) is 0 Å². The monoisotopic (exact) mass is 326 g/mol. The van der Waals surface area contributed by atoms with E-state index in [1.54, 1.807) is 6.08 Å². The molecule has 0 aromatic heterocycles. The second-order valence-corrected chi connectivity index (χ2v) is 4.21. The summed E-state index contributed by atoms with van der Waals surface area (Å²) >= 11 is 0. The van der Waals surface area contributed by atoms with E-state index in [0.717, 1.165) is 0 Å². The van der Waals surface area contributed by atoms with Crippen LogP contribution in [-0.2, 0) is 31.0 Å². The van der Waals surface area contributed by atoms with Gasteiger partial charge in [-0.15, -0.1) is 6.08 Å².